The van der Waals surface area contributed by atoms with Gasteiger partial charge in [0.1, 0.15) is 5.82 Å². The van der Waals surface area contributed by atoms with Gasteiger partial charge in [0, 0.05) is 23.7 Å². The first kappa shape index (κ1) is 15.1. The number of hydrogen-bond donors (Lipinski definition) is 1. The fourth-order valence-corrected chi connectivity index (χ4v) is 2.24. The summed E-state index contributed by atoms with van der Waals surface area (Å²) in [5.74, 6) is -0.386. The molecule has 0 heterocycles. The number of rotatable bonds is 5. The number of non-ortho nitro benzene ring substituents is 1. The molecule has 0 aliphatic heterocycles. The number of nitro groups is 1. The van der Waals surface area contributed by atoms with Gasteiger partial charge in [-0.1, -0.05) is 25.1 Å². The minimum absolute atomic E-state index is 0.0444. The zero-order chi connectivity index (χ0) is 15.4. The van der Waals surface area contributed by atoms with Crippen molar-refractivity contribution in [2.24, 2.45) is 0 Å². The molecule has 0 aliphatic rings. The lowest BCUT2D eigenvalue weighted by atomic mass is 9.99. The summed E-state index contributed by atoms with van der Waals surface area (Å²) < 4.78 is 14.0. The van der Waals surface area contributed by atoms with Crippen molar-refractivity contribution in [1.82, 2.24) is 5.32 Å². The van der Waals surface area contributed by atoms with Crippen LogP contribution in [0.5, 0.6) is 0 Å². The average Bonchev–Trinajstić information content (AvgIpc) is 2.48. The second-order valence-electron chi connectivity index (χ2n) is 4.83. The van der Waals surface area contributed by atoms with Gasteiger partial charge in [0.2, 0.25) is 0 Å². The molecule has 0 bridgehead atoms. The molecule has 1 unspecified atom stereocenters. The van der Waals surface area contributed by atoms with Crippen LogP contribution >= 0.6 is 0 Å². The lowest BCUT2D eigenvalue weighted by molar-refractivity contribution is -0.384. The Bertz CT molecular complexity index is 658. The van der Waals surface area contributed by atoms with E-state index in [9.17, 15) is 14.5 Å². The highest BCUT2D eigenvalue weighted by atomic mass is 19.1. The molecule has 21 heavy (non-hydrogen) atoms. The summed E-state index contributed by atoms with van der Waals surface area (Å²) in [5, 5.41) is 14.1. The van der Waals surface area contributed by atoms with E-state index >= 15 is 0 Å². The van der Waals surface area contributed by atoms with E-state index in [4.69, 9.17) is 0 Å². The van der Waals surface area contributed by atoms with Gasteiger partial charge in [-0.25, -0.2) is 4.39 Å². The third-order valence-corrected chi connectivity index (χ3v) is 3.37. The molecule has 2 rings (SSSR count). The Morgan fingerprint density at radius 2 is 2.05 bits per heavy atom. The van der Waals surface area contributed by atoms with Crippen molar-refractivity contribution >= 4 is 5.69 Å². The fourth-order valence-electron chi connectivity index (χ4n) is 2.24. The lowest BCUT2D eigenvalue weighted by Crippen LogP contribution is -2.17. The SMILES string of the molecule is CCNC(C)c1ccc(F)c(-c2cccc([N+](=O)[O-])c2)c1. The fraction of sp³-hybridized carbons (Fsp3) is 0.250. The van der Waals surface area contributed by atoms with E-state index < -0.39 is 4.92 Å². The summed E-state index contributed by atoms with van der Waals surface area (Å²) in [6.45, 7) is 4.81. The Hall–Kier alpha value is -2.27. The van der Waals surface area contributed by atoms with Crippen molar-refractivity contribution in [3.8, 4) is 11.1 Å². The average molecular weight is 288 g/mol. The predicted molar refractivity (Wildman–Crippen MR) is 80.6 cm³/mol. The van der Waals surface area contributed by atoms with E-state index in [1.807, 2.05) is 13.8 Å². The first-order chi connectivity index (χ1) is 10.0. The standard InChI is InChI=1S/C16H17FN2O2/c1-3-18-11(2)12-7-8-16(17)15(10-12)13-5-4-6-14(9-13)19(20)21/h4-11,18H,3H2,1-2H3. The Morgan fingerprint density at radius 1 is 1.29 bits per heavy atom. The van der Waals surface area contributed by atoms with E-state index in [1.165, 1.54) is 18.2 Å². The van der Waals surface area contributed by atoms with E-state index in [2.05, 4.69) is 5.32 Å². The first-order valence-corrected chi connectivity index (χ1v) is 6.80. The summed E-state index contributed by atoms with van der Waals surface area (Å²) in [5.41, 5.74) is 1.78. The Labute approximate surface area is 122 Å². The summed E-state index contributed by atoms with van der Waals surface area (Å²) >= 11 is 0. The van der Waals surface area contributed by atoms with Gasteiger partial charge < -0.3 is 5.32 Å². The van der Waals surface area contributed by atoms with Gasteiger partial charge >= 0.3 is 0 Å². The number of hydrogen-bond acceptors (Lipinski definition) is 3. The first-order valence-electron chi connectivity index (χ1n) is 6.80. The summed E-state index contributed by atoms with van der Waals surface area (Å²) in [6, 6.07) is 11.0. The van der Waals surface area contributed by atoms with Crippen molar-refractivity contribution < 1.29 is 9.31 Å². The van der Waals surface area contributed by atoms with Crippen LogP contribution in [-0.4, -0.2) is 11.5 Å². The maximum atomic E-state index is 14.0. The van der Waals surface area contributed by atoms with Crippen LogP contribution < -0.4 is 5.32 Å². The quantitative estimate of drug-likeness (QED) is 0.666. The highest BCUT2D eigenvalue weighted by Crippen LogP contribution is 2.28. The van der Waals surface area contributed by atoms with E-state index in [0.29, 0.717) is 11.1 Å². The Kier molecular flexibility index (Phi) is 4.65. The van der Waals surface area contributed by atoms with Gasteiger partial charge in [0.15, 0.2) is 0 Å². The van der Waals surface area contributed by atoms with Gasteiger partial charge in [-0.2, -0.15) is 0 Å². The molecule has 110 valence electrons. The number of halogens is 1. The van der Waals surface area contributed by atoms with Crippen LogP contribution in [0.25, 0.3) is 11.1 Å². The molecule has 4 nitrogen and oxygen atoms in total. The maximum absolute atomic E-state index is 14.0. The Balaban J connectivity index is 2.45. The lowest BCUT2D eigenvalue weighted by Gasteiger charge is -2.14. The normalized spacial score (nSPS) is 12.1. The van der Waals surface area contributed by atoms with E-state index in [1.54, 1.807) is 24.3 Å². The molecular formula is C16H17FN2O2. The van der Waals surface area contributed by atoms with Gasteiger partial charge in [0.25, 0.3) is 5.69 Å². The monoisotopic (exact) mass is 288 g/mol. The molecular weight excluding hydrogens is 271 g/mol. The van der Waals surface area contributed by atoms with Gasteiger partial charge in [0.05, 0.1) is 4.92 Å². The number of nitro benzene ring substituents is 1. The molecule has 2 aromatic carbocycles. The van der Waals surface area contributed by atoms with Gasteiger partial charge in [-0.05, 0) is 36.7 Å². The van der Waals surface area contributed by atoms with E-state index in [-0.39, 0.29) is 17.5 Å². The summed E-state index contributed by atoms with van der Waals surface area (Å²) in [4.78, 5) is 10.4. The molecule has 0 amide bonds. The third kappa shape index (κ3) is 3.44. The third-order valence-electron chi connectivity index (χ3n) is 3.37. The highest BCUT2D eigenvalue weighted by Gasteiger charge is 2.13. The van der Waals surface area contributed by atoms with Crippen LogP contribution in [0.4, 0.5) is 10.1 Å². The van der Waals surface area contributed by atoms with Gasteiger partial charge in [-0.15, -0.1) is 0 Å². The van der Waals surface area contributed by atoms with Crippen LogP contribution in [0.3, 0.4) is 0 Å². The number of nitrogens with zero attached hydrogens (tertiary/aromatic N) is 1. The minimum atomic E-state index is -0.480. The van der Waals surface area contributed by atoms with Crippen LogP contribution in [-0.2, 0) is 0 Å². The van der Waals surface area contributed by atoms with Crippen LogP contribution in [0, 0.1) is 15.9 Å². The van der Waals surface area contributed by atoms with Crippen LogP contribution in [0.2, 0.25) is 0 Å². The topological polar surface area (TPSA) is 55.2 Å². The predicted octanol–water partition coefficient (Wildman–Crippen LogP) is 4.07. The number of nitrogens with one attached hydrogen (secondary N) is 1. The van der Waals surface area contributed by atoms with E-state index in [0.717, 1.165) is 12.1 Å². The molecule has 0 radical (unpaired) electrons. The Morgan fingerprint density at radius 3 is 2.71 bits per heavy atom. The van der Waals surface area contributed by atoms with Crippen molar-refractivity contribution in [3.63, 3.8) is 0 Å². The van der Waals surface area contributed by atoms with Crippen LogP contribution in [0.1, 0.15) is 25.5 Å². The molecule has 0 fully saturated rings. The van der Waals surface area contributed by atoms with Crippen molar-refractivity contribution in [2.75, 3.05) is 6.54 Å². The van der Waals surface area contributed by atoms with Crippen molar-refractivity contribution in [3.05, 3.63) is 64.0 Å². The molecule has 0 saturated carbocycles. The second kappa shape index (κ2) is 6.45. The summed E-state index contributed by atoms with van der Waals surface area (Å²) in [6.07, 6.45) is 0. The zero-order valence-electron chi connectivity index (χ0n) is 12.0. The smallest absolute Gasteiger partial charge is 0.270 e. The zero-order valence-corrected chi connectivity index (χ0v) is 12.0. The molecule has 0 aromatic heterocycles. The largest absolute Gasteiger partial charge is 0.310 e. The summed E-state index contributed by atoms with van der Waals surface area (Å²) in [7, 11) is 0. The van der Waals surface area contributed by atoms with Crippen molar-refractivity contribution in [2.45, 2.75) is 19.9 Å². The molecule has 1 atom stereocenters. The van der Waals surface area contributed by atoms with Crippen LogP contribution in [0.15, 0.2) is 42.5 Å². The molecule has 0 spiro atoms. The molecule has 0 aliphatic carbocycles. The number of benzene rings is 2. The second-order valence-corrected chi connectivity index (χ2v) is 4.83. The molecule has 1 N–H and O–H groups in total. The minimum Gasteiger partial charge on any atom is -0.310 e. The highest BCUT2D eigenvalue weighted by molar-refractivity contribution is 5.67. The molecule has 5 heteroatoms. The molecule has 2 aromatic rings. The van der Waals surface area contributed by atoms with Gasteiger partial charge in [-0.3, -0.25) is 10.1 Å². The molecule has 0 saturated heterocycles. The maximum Gasteiger partial charge on any atom is 0.270 e. The van der Waals surface area contributed by atoms with Crippen molar-refractivity contribution in [1.29, 1.82) is 0 Å².